The molecule has 220 valence electrons. The van der Waals surface area contributed by atoms with Gasteiger partial charge < -0.3 is 0 Å². The quantitative estimate of drug-likeness (QED) is 0.187. The first-order chi connectivity index (χ1) is 23.2. The number of para-hydroxylation sites is 2. The van der Waals surface area contributed by atoms with Gasteiger partial charge in [0.2, 0.25) is 0 Å². The highest BCUT2D eigenvalue weighted by Crippen LogP contribution is 2.42. The summed E-state index contributed by atoms with van der Waals surface area (Å²) in [6.07, 6.45) is 1.85. The van der Waals surface area contributed by atoms with E-state index in [4.69, 9.17) is 4.98 Å². The Morgan fingerprint density at radius 1 is 0.426 bits per heavy atom. The van der Waals surface area contributed by atoms with E-state index in [0.29, 0.717) is 0 Å². The number of hydrogen-bond acceptors (Lipinski definition) is 2. The summed E-state index contributed by atoms with van der Waals surface area (Å²) in [5.74, 6) is -0.259. The third-order valence-electron chi connectivity index (χ3n) is 9.18. The first kappa shape index (κ1) is 27.1. The maximum absolute atomic E-state index is 13.9. The topological polar surface area (TPSA) is 25.8 Å². The Morgan fingerprint density at radius 3 is 1.77 bits per heavy atom. The smallest absolute Gasteiger partial charge is 0.123 e. The lowest BCUT2D eigenvalue weighted by Gasteiger charge is -2.16. The molecule has 0 N–H and O–H groups in total. The van der Waals surface area contributed by atoms with Crippen molar-refractivity contribution in [2.45, 2.75) is 0 Å². The van der Waals surface area contributed by atoms with Gasteiger partial charge in [-0.3, -0.25) is 4.98 Å². The molecule has 9 rings (SSSR count). The highest BCUT2D eigenvalue weighted by molar-refractivity contribution is 6.25. The number of benzene rings is 7. The van der Waals surface area contributed by atoms with E-state index in [-0.39, 0.29) is 5.82 Å². The third kappa shape index (κ3) is 4.63. The monoisotopic (exact) mass is 602 g/mol. The van der Waals surface area contributed by atoms with Crippen LogP contribution in [-0.2, 0) is 0 Å². The van der Waals surface area contributed by atoms with E-state index in [1.807, 2.05) is 30.5 Å². The van der Waals surface area contributed by atoms with E-state index in [1.165, 1.54) is 22.9 Å². The largest absolute Gasteiger partial charge is 0.256 e. The van der Waals surface area contributed by atoms with E-state index >= 15 is 0 Å². The van der Waals surface area contributed by atoms with Crippen LogP contribution < -0.4 is 0 Å². The van der Waals surface area contributed by atoms with Crippen molar-refractivity contribution in [1.29, 1.82) is 0 Å². The molecule has 0 saturated heterocycles. The summed E-state index contributed by atoms with van der Waals surface area (Å²) in [6.45, 7) is 0. The lowest BCUT2D eigenvalue weighted by Crippen LogP contribution is -1.93. The molecule has 0 unspecified atom stereocenters. The van der Waals surface area contributed by atoms with Gasteiger partial charge in [-0.1, -0.05) is 115 Å². The molecule has 7 aromatic carbocycles. The highest BCUT2D eigenvalue weighted by Gasteiger charge is 2.17. The van der Waals surface area contributed by atoms with Gasteiger partial charge in [0.25, 0.3) is 0 Å². The maximum Gasteiger partial charge on any atom is 0.123 e. The molecule has 0 aliphatic heterocycles. The van der Waals surface area contributed by atoms with Crippen molar-refractivity contribution in [2.75, 3.05) is 0 Å². The molecule has 0 aliphatic rings. The number of fused-ring (bicyclic) bond motifs is 6. The SMILES string of the molecule is Fc1ccc(-c2nc3ccccc3c3c2cc(-c2ccc(-c4ccc(-c5cccc6cccnc56)cc4)cc2)c2ccccc23)cc1. The van der Waals surface area contributed by atoms with E-state index in [2.05, 4.69) is 126 Å². The van der Waals surface area contributed by atoms with E-state index < -0.39 is 0 Å². The second-order valence-corrected chi connectivity index (χ2v) is 11.9. The summed E-state index contributed by atoms with van der Waals surface area (Å²) in [5, 5.41) is 6.81. The van der Waals surface area contributed by atoms with Crippen LogP contribution in [-0.4, -0.2) is 9.97 Å². The van der Waals surface area contributed by atoms with E-state index in [1.54, 1.807) is 0 Å². The molecule has 9 aromatic rings. The van der Waals surface area contributed by atoms with Gasteiger partial charge in [-0.15, -0.1) is 0 Å². The molecule has 0 fully saturated rings. The van der Waals surface area contributed by atoms with Gasteiger partial charge in [-0.2, -0.15) is 0 Å². The fourth-order valence-corrected chi connectivity index (χ4v) is 6.90. The van der Waals surface area contributed by atoms with Gasteiger partial charge >= 0.3 is 0 Å². The standard InChI is InChI=1S/C44H27FN2/c45-34-24-22-33(23-25-34)44-40-27-39(36-9-1-2-10-37(36)42(40)38-11-3-4-13-41(38)47-44)31-20-16-29(17-21-31)28-14-18-30(19-15-28)35-12-5-7-32-8-6-26-46-43(32)35/h1-27H. The van der Waals surface area contributed by atoms with Crippen molar-refractivity contribution in [3.05, 3.63) is 170 Å². The first-order valence-electron chi connectivity index (χ1n) is 15.8. The fourth-order valence-electron chi connectivity index (χ4n) is 6.90. The number of nitrogens with zero attached hydrogens (tertiary/aromatic N) is 2. The number of pyridine rings is 2. The van der Waals surface area contributed by atoms with Gasteiger partial charge in [-0.05, 0) is 81.1 Å². The average Bonchev–Trinajstić information content (AvgIpc) is 3.14. The molecule has 3 heteroatoms. The molecule has 0 aliphatic carbocycles. The summed E-state index contributed by atoms with van der Waals surface area (Å²) in [4.78, 5) is 9.76. The van der Waals surface area contributed by atoms with Crippen molar-refractivity contribution >= 4 is 43.4 Å². The lowest BCUT2D eigenvalue weighted by molar-refractivity contribution is 0.628. The van der Waals surface area contributed by atoms with Gasteiger partial charge in [0.1, 0.15) is 5.82 Å². The molecule has 2 aromatic heterocycles. The van der Waals surface area contributed by atoms with Gasteiger partial charge in [0, 0.05) is 38.9 Å². The van der Waals surface area contributed by atoms with Crippen LogP contribution in [0.5, 0.6) is 0 Å². The van der Waals surface area contributed by atoms with Crippen LogP contribution in [0.3, 0.4) is 0 Å². The molecule has 0 bridgehead atoms. The van der Waals surface area contributed by atoms with Gasteiger partial charge in [0.15, 0.2) is 0 Å². The predicted octanol–water partition coefficient (Wildman–Crippen LogP) is 11.9. The van der Waals surface area contributed by atoms with Crippen LogP contribution in [0.2, 0.25) is 0 Å². The Kier molecular flexibility index (Phi) is 6.36. The normalized spacial score (nSPS) is 11.5. The third-order valence-corrected chi connectivity index (χ3v) is 9.18. The Bertz CT molecular complexity index is 2600. The molecule has 2 nitrogen and oxygen atoms in total. The summed E-state index contributed by atoms with van der Waals surface area (Å²) in [7, 11) is 0. The van der Waals surface area contributed by atoms with Crippen LogP contribution in [0.15, 0.2) is 164 Å². The van der Waals surface area contributed by atoms with Crippen LogP contribution in [0.1, 0.15) is 0 Å². The minimum Gasteiger partial charge on any atom is -0.256 e. The molecular weight excluding hydrogens is 575 g/mol. The Morgan fingerprint density at radius 2 is 1.02 bits per heavy atom. The van der Waals surface area contributed by atoms with Crippen molar-refractivity contribution in [1.82, 2.24) is 9.97 Å². The Hall–Kier alpha value is -6.19. The summed E-state index contributed by atoms with van der Waals surface area (Å²) in [6, 6.07) is 53.7. The molecule has 0 saturated carbocycles. The first-order valence-corrected chi connectivity index (χ1v) is 15.8. The maximum atomic E-state index is 13.9. The number of aromatic nitrogens is 2. The van der Waals surface area contributed by atoms with E-state index in [0.717, 1.165) is 77.2 Å². The zero-order valence-corrected chi connectivity index (χ0v) is 25.4. The summed E-state index contributed by atoms with van der Waals surface area (Å²) in [5.41, 5.74) is 10.5. The number of halogens is 1. The number of rotatable bonds is 4. The van der Waals surface area contributed by atoms with E-state index in [9.17, 15) is 4.39 Å². The Labute approximate surface area is 271 Å². The molecule has 0 spiro atoms. The van der Waals surface area contributed by atoms with Crippen LogP contribution >= 0.6 is 0 Å². The second-order valence-electron chi connectivity index (χ2n) is 11.9. The lowest BCUT2D eigenvalue weighted by atomic mass is 9.89. The van der Waals surface area contributed by atoms with Crippen LogP contribution in [0, 0.1) is 5.82 Å². The fraction of sp³-hybridized carbons (Fsp3) is 0. The second kappa shape index (κ2) is 11.0. The molecule has 47 heavy (non-hydrogen) atoms. The highest BCUT2D eigenvalue weighted by atomic mass is 19.1. The summed E-state index contributed by atoms with van der Waals surface area (Å²) < 4.78 is 13.9. The van der Waals surface area contributed by atoms with Crippen molar-refractivity contribution in [2.24, 2.45) is 0 Å². The molecule has 0 radical (unpaired) electrons. The Balaban J connectivity index is 1.17. The zero-order valence-electron chi connectivity index (χ0n) is 25.4. The van der Waals surface area contributed by atoms with Crippen molar-refractivity contribution in [3.8, 4) is 44.6 Å². The molecule has 0 amide bonds. The van der Waals surface area contributed by atoms with Gasteiger partial charge in [-0.25, -0.2) is 9.37 Å². The minimum atomic E-state index is -0.259. The van der Waals surface area contributed by atoms with Crippen LogP contribution in [0.25, 0.3) is 88.0 Å². The van der Waals surface area contributed by atoms with Crippen LogP contribution in [0.4, 0.5) is 4.39 Å². The zero-order chi connectivity index (χ0) is 31.3. The van der Waals surface area contributed by atoms with Crippen molar-refractivity contribution in [3.63, 3.8) is 0 Å². The molecule has 2 heterocycles. The average molecular weight is 603 g/mol. The number of hydrogen-bond donors (Lipinski definition) is 0. The summed E-state index contributed by atoms with van der Waals surface area (Å²) >= 11 is 0. The molecular formula is C44H27FN2. The van der Waals surface area contributed by atoms with Crippen molar-refractivity contribution < 1.29 is 4.39 Å². The predicted molar refractivity (Wildman–Crippen MR) is 194 cm³/mol. The van der Waals surface area contributed by atoms with Gasteiger partial charge in [0.05, 0.1) is 16.7 Å². The molecule has 0 atom stereocenters. The minimum absolute atomic E-state index is 0.259.